The molecule has 6 nitrogen and oxygen atoms in total. The Morgan fingerprint density at radius 3 is 2.41 bits per heavy atom. The van der Waals surface area contributed by atoms with Crippen molar-refractivity contribution in [3.05, 3.63) is 62.2 Å². The first kappa shape index (κ1) is 20.4. The molecular weight excluding hydrogens is 342 g/mol. The highest BCUT2D eigenvalue weighted by atomic mass is 16.2. The Hall–Kier alpha value is -2.89. The number of benzene rings is 1. The van der Waals surface area contributed by atoms with Crippen molar-refractivity contribution in [2.75, 3.05) is 5.32 Å². The summed E-state index contributed by atoms with van der Waals surface area (Å²) in [6, 6.07) is 4.91. The second kappa shape index (κ2) is 8.66. The van der Waals surface area contributed by atoms with Gasteiger partial charge in [-0.25, -0.2) is 9.36 Å². The minimum Gasteiger partial charge on any atom is -0.326 e. The van der Waals surface area contributed by atoms with Gasteiger partial charge in [0.05, 0.1) is 23.0 Å². The number of allylic oxidation sites excluding steroid dienone is 4. The fourth-order valence-corrected chi connectivity index (χ4v) is 2.94. The van der Waals surface area contributed by atoms with Crippen LogP contribution < -0.4 is 16.4 Å². The topological polar surface area (TPSA) is 73.1 Å². The second-order valence-corrected chi connectivity index (χ2v) is 7.00. The molecule has 0 spiro atoms. The van der Waals surface area contributed by atoms with Crippen LogP contribution in [0.15, 0.2) is 51.1 Å². The number of fused-ring (bicyclic) bond motifs is 1. The Labute approximate surface area is 158 Å². The lowest BCUT2D eigenvalue weighted by Gasteiger charge is -2.14. The zero-order valence-electron chi connectivity index (χ0n) is 16.6. The molecule has 1 amide bonds. The Morgan fingerprint density at radius 2 is 1.78 bits per heavy atom. The number of carbonyl (C=O) groups is 1. The minimum atomic E-state index is -0.315. The Kier molecular flexibility index (Phi) is 6.55. The zero-order valence-corrected chi connectivity index (χ0v) is 16.6. The van der Waals surface area contributed by atoms with E-state index in [1.165, 1.54) is 27.4 Å². The van der Waals surface area contributed by atoms with Gasteiger partial charge in [-0.1, -0.05) is 29.4 Å². The maximum atomic E-state index is 12.9. The Bertz CT molecular complexity index is 1040. The molecule has 2 rings (SSSR count). The number of nitrogens with zero attached hydrogens (tertiary/aromatic N) is 2. The van der Waals surface area contributed by atoms with E-state index in [1.807, 2.05) is 13.0 Å². The van der Waals surface area contributed by atoms with E-state index < -0.39 is 0 Å². The standard InChI is InChI=1S/C21H27N3O3/c1-14(2)8-6-9-15(3)12-13-24-20(26)17-10-7-11-18(22-16(4)25)19(17)21(27)23(24)5/h7-8,10-12H,6,9,13H2,1-5H3,(H,22,25)/b15-12+. The number of anilines is 1. The third-order valence-corrected chi connectivity index (χ3v) is 4.41. The first-order valence-electron chi connectivity index (χ1n) is 9.01. The van der Waals surface area contributed by atoms with Gasteiger partial charge in [0.2, 0.25) is 5.91 Å². The van der Waals surface area contributed by atoms with Crippen molar-refractivity contribution in [1.82, 2.24) is 9.36 Å². The van der Waals surface area contributed by atoms with Gasteiger partial charge in [0.25, 0.3) is 11.1 Å². The molecule has 0 saturated carbocycles. The van der Waals surface area contributed by atoms with E-state index in [0.717, 1.165) is 12.8 Å². The van der Waals surface area contributed by atoms with Gasteiger partial charge in [0, 0.05) is 14.0 Å². The van der Waals surface area contributed by atoms with E-state index in [9.17, 15) is 14.4 Å². The second-order valence-electron chi connectivity index (χ2n) is 7.00. The number of hydrogen-bond donors (Lipinski definition) is 1. The highest BCUT2D eigenvalue weighted by Crippen LogP contribution is 2.17. The van der Waals surface area contributed by atoms with E-state index in [-0.39, 0.29) is 22.4 Å². The summed E-state index contributed by atoms with van der Waals surface area (Å²) in [6.45, 7) is 7.86. The maximum absolute atomic E-state index is 12.9. The number of hydrogen-bond acceptors (Lipinski definition) is 3. The van der Waals surface area contributed by atoms with Crippen LogP contribution in [0.4, 0.5) is 5.69 Å². The zero-order chi connectivity index (χ0) is 20.1. The smallest absolute Gasteiger partial charge is 0.275 e. The molecule has 0 unspecified atom stereocenters. The van der Waals surface area contributed by atoms with Crippen molar-refractivity contribution >= 4 is 22.4 Å². The van der Waals surface area contributed by atoms with Gasteiger partial charge in [0.15, 0.2) is 0 Å². The largest absolute Gasteiger partial charge is 0.326 e. The monoisotopic (exact) mass is 369 g/mol. The van der Waals surface area contributed by atoms with E-state index in [0.29, 0.717) is 17.6 Å². The quantitative estimate of drug-likeness (QED) is 0.794. The van der Waals surface area contributed by atoms with Crippen molar-refractivity contribution in [2.45, 2.75) is 47.1 Å². The number of amides is 1. The normalized spacial score (nSPS) is 11.5. The molecule has 0 aliphatic rings. The molecule has 6 heteroatoms. The average molecular weight is 369 g/mol. The lowest BCUT2D eigenvalue weighted by Crippen LogP contribution is -2.37. The van der Waals surface area contributed by atoms with Gasteiger partial charge < -0.3 is 5.32 Å². The van der Waals surface area contributed by atoms with Crippen LogP contribution in [-0.4, -0.2) is 15.3 Å². The lowest BCUT2D eigenvalue weighted by molar-refractivity contribution is -0.114. The predicted molar refractivity (Wildman–Crippen MR) is 110 cm³/mol. The number of rotatable bonds is 6. The van der Waals surface area contributed by atoms with Crippen LogP contribution >= 0.6 is 0 Å². The molecule has 1 heterocycles. The molecule has 0 radical (unpaired) electrons. The minimum absolute atomic E-state index is 0.237. The van der Waals surface area contributed by atoms with Crippen LogP contribution in [0.2, 0.25) is 0 Å². The summed E-state index contributed by atoms with van der Waals surface area (Å²) in [4.78, 5) is 37.1. The molecule has 1 N–H and O–H groups in total. The average Bonchev–Trinajstić information content (AvgIpc) is 2.58. The first-order chi connectivity index (χ1) is 12.7. The summed E-state index contributed by atoms with van der Waals surface area (Å²) in [5, 5.41) is 3.17. The molecule has 0 saturated heterocycles. The Balaban J connectivity index is 2.45. The van der Waals surface area contributed by atoms with E-state index in [2.05, 4.69) is 25.2 Å². The molecular formula is C21H27N3O3. The van der Waals surface area contributed by atoms with Gasteiger partial charge in [-0.2, -0.15) is 0 Å². The fourth-order valence-electron chi connectivity index (χ4n) is 2.94. The summed E-state index contributed by atoms with van der Waals surface area (Å²) in [5.74, 6) is -0.288. The van der Waals surface area contributed by atoms with E-state index in [1.54, 1.807) is 25.2 Å². The Morgan fingerprint density at radius 1 is 1.07 bits per heavy atom. The molecule has 0 bridgehead atoms. The van der Waals surface area contributed by atoms with Crippen LogP contribution in [0, 0.1) is 0 Å². The molecule has 1 aromatic carbocycles. The van der Waals surface area contributed by atoms with Gasteiger partial charge in [0.1, 0.15) is 0 Å². The number of carbonyl (C=O) groups excluding carboxylic acids is 1. The molecule has 1 aromatic heterocycles. The third-order valence-electron chi connectivity index (χ3n) is 4.41. The summed E-state index contributed by atoms with van der Waals surface area (Å²) >= 11 is 0. The predicted octanol–water partition coefficient (Wildman–Crippen LogP) is 3.35. The number of aromatic nitrogens is 2. The van der Waals surface area contributed by atoms with Crippen molar-refractivity contribution in [3.8, 4) is 0 Å². The van der Waals surface area contributed by atoms with Crippen LogP contribution in [-0.2, 0) is 18.4 Å². The third kappa shape index (κ3) is 4.84. The lowest BCUT2D eigenvalue weighted by atomic mass is 10.1. The van der Waals surface area contributed by atoms with Crippen LogP contribution in [0.25, 0.3) is 10.8 Å². The van der Waals surface area contributed by atoms with Crippen molar-refractivity contribution < 1.29 is 4.79 Å². The SMILES string of the molecule is CC(=O)Nc1cccc2c(=O)n(C/C=C(\C)CCC=C(C)C)n(C)c(=O)c12. The number of nitrogens with one attached hydrogen (secondary N) is 1. The molecule has 2 aromatic rings. The van der Waals surface area contributed by atoms with Crippen LogP contribution in [0.5, 0.6) is 0 Å². The van der Waals surface area contributed by atoms with Gasteiger partial charge >= 0.3 is 0 Å². The fraction of sp³-hybridized carbons (Fsp3) is 0.381. The molecule has 0 aliphatic heterocycles. The van der Waals surface area contributed by atoms with Crippen LogP contribution in [0.1, 0.15) is 40.5 Å². The van der Waals surface area contributed by atoms with Gasteiger partial charge in [-0.3, -0.25) is 14.4 Å². The van der Waals surface area contributed by atoms with E-state index in [4.69, 9.17) is 0 Å². The van der Waals surface area contributed by atoms with Crippen molar-refractivity contribution in [2.24, 2.45) is 7.05 Å². The van der Waals surface area contributed by atoms with Crippen LogP contribution in [0.3, 0.4) is 0 Å². The summed E-state index contributed by atoms with van der Waals surface area (Å²) in [7, 11) is 1.57. The molecule has 0 aliphatic carbocycles. The molecule has 144 valence electrons. The highest BCUT2D eigenvalue weighted by Gasteiger charge is 2.14. The maximum Gasteiger partial charge on any atom is 0.275 e. The summed E-state index contributed by atoms with van der Waals surface area (Å²) in [5.41, 5.74) is 2.24. The first-order valence-corrected chi connectivity index (χ1v) is 9.01. The molecule has 0 atom stereocenters. The van der Waals surface area contributed by atoms with Gasteiger partial charge in [-0.05, 0) is 45.7 Å². The van der Waals surface area contributed by atoms with Gasteiger partial charge in [-0.15, -0.1) is 0 Å². The highest BCUT2D eigenvalue weighted by molar-refractivity contribution is 6.00. The van der Waals surface area contributed by atoms with Crippen molar-refractivity contribution in [3.63, 3.8) is 0 Å². The molecule has 27 heavy (non-hydrogen) atoms. The summed E-state index contributed by atoms with van der Waals surface area (Å²) < 4.78 is 2.74. The molecule has 0 fully saturated rings. The van der Waals surface area contributed by atoms with Crippen molar-refractivity contribution in [1.29, 1.82) is 0 Å². The summed E-state index contributed by atoms with van der Waals surface area (Å²) in [6.07, 6.45) is 6.02. The van der Waals surface area contributed by atoms with E-state index >= 15 is 0 Å².